The molecule has 1 aromatic heterocycles. The summed E-state index contributed by atoms with van der Waals surface area (Å²) in [5.41, 5.74) is -1.76. The number of carboxylic acids is 1. The van der Waals surface area contributed by atoms with E-state index in [1.54, 1.807) is 0 Å². The van der Waals surface area contributed by atoms with Gasteiger partial charge in [-0.3, -0.25) is 9.78 Å². The van der Waals surface area contributed by atoms with Crippen molar-refractivity contribution in [3.63, 3.8) is 0 Å². The summed E-state index contributed by atoms with van der Waals surface area (Å²) in [6, 6.07) is 6.52. The summed E-state index contributed by atoms with van der Waals surface area (Å²) < 4.78 is 37.8. The largest absolute Gasteiger partial charge is 0.478 e. The molecule has 0 atom stereocenters. The first-order chi connectivity index (χ1) is 10.3. The molecule has 5 nitrogen and oxygen atoms in total. The zero-order valence-electron chi connectivity index (χ0n) is 10.9. The van der Waals surface area contributed by atoms with Gasteiger partial charge in [0.05, 0.1) is 11.1 Å². The average molecular weight is 310 g/mol. The Balaban J connectivity index is 2.29. The van der Waals surface area contributed by atoms with E-state index in [9.17, 15) is 22.8 Å². The van der Waals surface area contributed by atoms with Gasteiger partial charge in [-0.25, -0.2) is 4.79 Å². The summed E-state index contributed by atoms with van der Waals surface area (Å²) in [5.74, 6) is -2.26. The fraction of sp³-hybridized carbons (Fsp3) is 0.0714. The molecule has 0 aliphatic carbocycles. The molecule has 0 bridgehead atoms. The summed E-state index contributed by atoms with van der Waals surface area (Å²) in [6.45, 7) is 0. The zero-order valence-corrected chi connectivity index (χ0v) is 10.9. The van der Waals surface area contributed by atoms with Gasteiger partial charge in [-0.15, -0.1) is 0 Å². The number of rotatable bonds is 3. The van der Waals surface area contributed by atoms with Crippen molar-refractivity contribution in [1.29, 1.82) is 0 Å². The predicted molar refractivity (Wildman–Crippen MR) is 70.6 cm³/mol. The maximum absolute atomic E-state index is 12.6. The lowest BCUT2D eigenvalue weighted by Crippen LogP contribution is -2.18. The summed E-state index contributed by atoms with van der Waals surface area (Å²) in [6.07, 6.45) is -3.33. The highest BCUT2D eigenvalue weighted by molar-refractivity contribution is 6.09. The van der Waals surface area contributed by atoms with Crippen molar-refractivity contribution < 1.29 is 27.9 Å². The second-order valence-electron chi connectivity index (χ2n) is 4.24. The van der Waals surface area contributed by atoms with Crippen LogP contribution in [0.3, 0.4) is 0 Å². The number of carbonyl (C=O) groups excluding carboxylic acids is 1. The SMILES string of the molecule is O=C(O)c1cccnc1C(=O)Nc1cccc(C(F)(F)F)c1. The van der Waals surface area contributed by atoms with Gasteiger partial charge in [0.1, 0.15) is 5.69 Å². The lowest BCUT2D eigenvalue weighted by molar-refractivity contribution is -0.137. The first kappa shape index (κ1) is 15.5. The highest BCUT2D eigenvalue weighted by Gasteiger charge is 2.30. The van der Waals surface area contributed by atoms with Gasteiger partial charge in [-0.05, 0) is 30.3 Å². The molecule has 1 aromatic carbocycles. The third-order valence-electron chi connectivity index (χ3n) is 2.70. The summed E-state index contributed by atoms with van der Waals surface area (Å²) in [4.78, 5) is 26.6. The van der Waals surface area contributed by atoms with E-state index in [2.05, 4.69) is 10.3 Å². The lowest BCUT2D eigenvalue weighted by Gasteiger charge is -2.10. The summed E-state index contributed by atoms with van der Waals surface area (Å²) >= 11 is 0. The number of carbonyl (C=O) groups is 2. The Bertz CT molecular complexity index is 729. The van der Waals surface area contributed by atoms with Gasteiger partial charge in [0.2, 0.25) is 0 Å². The highest BCUT2D eigenvalue weighted by Crippen LogP contribution is 2.30. The van der Waals surface area contributed by atoms with Gasteiger partial charge in [0.15, 0.2) is 0 Å². The van der Waals surface area contributed by atoms with Gasteiger partial charge in [-0.2, -0.15) is 13.2 Å². The second-order valence-corrected chi connectivity index (χ2v) is 4.24. The van der Waals surface area contributed by atoms with Crippen LogP contribution in [0.15, 0.2) is 42.6 Å². The number of amides is 1. The number of carboxylic acid groups (broad SMARTS) is 1. The van der Waals surface area contributed by atoms with E-state index in [4.69, 9.17) is 5.11 Å². The summed E-state index contributed by atoms with van der Waals surface area (Å²) in [5, 5.41) is 11.2. The van der Waals surface area contributed by atoms with E-state index < -0.39 is 23.6 Å². The van der Waals surface area contributed by atoms with Crippen LogP contribution < -0.4 is 5.32 Å². The van der Waals surface area contributed by atoms with Gasteiger partial charge >= 0.3 is 12.1 Å². The molecule has 0 spiro atoms. The maximum atomic E-state index is 12.6. The van der Waals surface area contributed by atoms with Gasteiger partial charge < -0.3 is 10.4 Å². The smallest absolute Gasteiger partial charge is 0.416 e. The Morgan fingerprint density at radius 3 is 2.50 bits per heavy atom. The number of hydrogen-bond donors (Lipinski definition) is 2. The Morgan fingerprint density at radius 2 is 1.86 bits per heavy atom. The topological polar surface area (TPSA) is 79.3 Å². The molecule has 1 heterocycles. The molecule has 0 aliphatic heterocycles. The Hall–Kier alpha value is -2.90. The third kappa shape index (κ3) is 3.40. The number of anilines is 1. The van der Waals surface area contributed by atoms with Crippen LogP contribution >= 0.6 is 0 Å². The molecule has 2 N–H and O–H groups in total. The van der Waals surface area contributed by atoms with Crippen LogP contribution in [0.25, 0.3) is 0 Å². The van der Waals surface area contributed by atoms with Crippen LogP contribution in [0.5, 0.6) is 0 Å². The van der Waals surface area contributed by atoms with Crippen molar-refractivity contribution in [1.82, 2.24) is 4.98 Å². The van der Waals surface area contributed by atoms with Crippen LogP contribution in [0.1, 0.15) is 26.4 Å². The van der Waals surface area contributed by atoms with Crippen molar-refractivity contribution in [3.8, 4) is 0 Å². The fourth-order valence-electron chi connectivity index (χ4n) is 1.72. The van der Waals surface area contributed by atoms with E-state index in [0.29, 0.717) is 0 Å². The fourth-order valence-corrected chi connectivity index (χ4v) is 1.72. The van der Waals surface area contributed by atoms with Crippen LogP contribution in [-0.4, -0.2) is 22.0 Å². The molecule has 0 radical (unpaired) electrons. The molecular weight excluding hydrogens is 301 g/mol. The van der Waals surface area contributed by atoms with E-state index in [0.717, 1.165) is 18.2 Å². The Morgan fingerprint density at radius 1 is 1.14 bits per heavy atom. The minimum Gasteiger partial charge on any atom is -0.478 e. The van der Waals surface area contributed by atoms with Crippen molar-refractivity contribution in [2.24, 2.45) is 0 Å². The quantitative estimate of drug-likeness (QED) is 0.913. The number of benzene rings is 1. The standard InChI is InChI=1S/C14H9F3N2O3/c15-14(16,17)8-3-1-4-9(7-8)19-12(20)11-10(13(21)22)5-2-6-18-11/h1-7H,(H,19,20)(H,21,22). The van der Waals surface area contributed by atoms with Crippen LogP contribution in [0, 0.1) is 0 Å². The predicted octanol–water partition coefficient (Wildman–Crippen LogP) is 3.05. The molecule has 0 saturated heterocycles. The van der Waals surface area contributed by atoms with E-state index in [-0.39, 0.29) is 16.9 Å². The van der Waals surface area contributed by atoms with Crippen LogP contribution in [-0.2, 0) is 6.18 Å². The normalized spacial score (nSPS) is 11.0. The number of nitrogens with one attached hydrogen (secondary N) is 1. The number of aromatic carboxylic acids is 1. The number of alkyl halides is 3. The molecule has 22 heavy (non-hydrogen) atoms. The van der Waals surface area contributed by atoms with Crippen molar-refractivity contribution in [3.05, 3.63) is 59.4 Å². The third-order valence-corrected chi connectivity index (χ3v) is 2.70. The molecule has 0 aliphatic rings. The Labute approximate surface area is 122 Å². The number of hydrogen-bond acceptors (Lipinski definition) is 3. The number of pyridine rings is 1. The second kappa shape index (κ2) is 5.84. The lowest BCUT2D eigenvalue weighted by atomic mass is 10.1. The molecule has 0 saturated carbocycles. The van der Waals surface area contributed by atoms with E-state index in [1.807, 2.05) is 0 Å². The van der Waals surface area contributed by atoms with Crippen molar-refractivity contribution in [2.75, 3.05) is 5.32 Å². The summed E-state index contributed by atoms with van der Waals surface area (Å²) in [7, 11) is 0. The molecule has 2 aromatic rings. The van der Waals surface area contributed by atoms with Gasteiger partial charge in [0, 0.05) is 11.9 Å². The minimum atomic E-state index is -4.54. The molecule has 0 unspecified atom stereocenters. The van der Waals surface area contributed by atoms with Gasteiger partial charge in [-0.1, -0.05) is 6.07 Å². The molecule has 8 heteroatoms. The van der Waals surface area contributed by atoms with E-state index >= 15 is 0 Å². The molecule has 0 fully saturated rings. The monoisotopic (exact) mass is 310 g/mol. The van der Waals surface area contributed by atoms with Crippen LogP contribution in [0.2, 0.25) is 0 Å². The van der Waals surface area contributed by atoms with Crippen LogP contribution in [0.4, 0.5) is 18.9 Å². The van der Waals surface area contributed by atoms with E-state index in [1.165, 1.54) is 24.4 Å². The number of halogens is 3. The number of aromatic nitrogens is 1. The first-order valence-electron chi connectivity index (χ1n) is 5.96. The minimum absolute atomic E-state index is 0.109. The molecule has 1 amide bonds. The maximum Gasteiger partial charge on any atom is 0.416 e. The average Bonchev–Trinajstić information content (AvgIpc) is 2.46. The molecule has 2 rings (SSSR count). The van der Waals surface area contributed by atoms with Crippen molar-refractivity contribution in [2.45, 2.75) is 6.18 Å². The molecular formula is C14H9F3N2O3. The zero-order chi connectivity index (χ0) is 16.3. The van der Waals surface area contributed by atoms with Gasteiger partial charge in [0.25, 0.3) is 5.91 Å². The highest BCUT2D eigenvalue weighted by atomic mass is 19.4. The molecule has 114 valence electrons. The van der Waals surface area contributed by atoms with Crippen molar-refractivity contribution >= 4 is 17.6 Å². The first-order valence-corrected chi connectivity index (χ1v) is 5.96. The number of nitrogens with zero attached hydrogens (tertiary/aromatic N) is 1. The Kier molecular flexibility index (Phi) is 4.11.